The van der Waals surface area contributed by atoms with Crippen LogP contribution in [0.5, 0.6) is 0 Å². The monoisotopic (exact) mass is 269 g/mol. The van der Waals surface area contributed by atoms with Crippen LogP contribution in [0.3, 0.4) is 0 Å². The van der Waals surface area contributed by atoms with E-state index in [9.17, 15) is 4.79 Å². The molecule has 1 aromatic heterocycles. The third-order valence-electron chi connectivity index (χ3n) is 2.54. The van der Waals surface area contributed by atoms with Gasteiger partial charge < -0.3 is 5.11 Å². The standard InChI is InChI=1S/C12H12ClNO2S/c1-7(12(15)16)14-6-10-11(13)8-4-2-3-5-9(8)17-10/h2-5,7,14H,6H2,1H3,(H,15,16)/t7-/m0/s1. The number of nitrogens with one attached hydrogen (secondary N) is 1. The highest BCUT2D eigenvalue weighted by molar-refractivity contribution is 7.19. The van der Waals surface area contributed by atoms with Gasteiger partial charge in [-0.25, -0.2) is 0 Å². The molecule has 1 atom stereocenters. The first-order valence-corrected chi connectivity index (χ1v) is 6.41. The van der Waals surface area contributed by atoms with Crippen molar-refractivity contribution in [2.75, 3.05) is 0 Å². The summed E-state index contributed by atoms with van der Waals surface area (Å²) in [5.74, 6) is -0.859. The van der Waals surface area contributed by atoms with Gasteiger partial charge in [0.25, 0.3) is 0 Å². The normalized spacial score (nSPS) is 12.8. The first kappa shape index (κ1) is 12.4. The summed E-state index contributed by atoms with van der Waals surface area (Å²) in [7, 11) is 0. The molecular weight excluding hydrogens is 258 g/mol. The molecule has 0 radical (unpaired) electrons. The number of hydrogen-bond acceptors (Lipinski definition) is 3. The molecule has 2 rings (SSSR count). The van der Waals surface area contributed by atoms with Gasteiger partial charge >= 0.3 is 5.97 Å². The van der Waals surface area contributed by atoms with Crippen molar-refractivity contribution in [2.24, 2.45) is 0 Å². The number of carboxylic acids is 1. The molecular formula is C12H12ClNO2S. The number of hydrogen-bond donors (Lipinski definition) is 2. The number of aliphatic carboxylic acids is 1. The second-order valence-corrected chi connectivity index (χ2v) is 5.29. The van der Waals surface area contributed by atoms with Crippen LogP contribution in [0.4, 0.5) is 0 Å². The van der Waals surface area contributed by atoms with Crippen LogP contribution in [-0.4, -0.2) is 17.1 Å². The number of halogens is 1. The summed E-state index contributed by atoms with van der Waals surface area (Å²) in [5.41, 5.74) is 0. The molecule has 0 saturated heterocycles. The highest BCUT2D eigenvalue weighted by atomic mass is 35.5. The second kappa shape index (κ2) is 5.04. The minimum Gasteiger partial charge on any atom is -0.480 e. The number of thiophene rings is 1. The number of carboxylic acid groups (broad SMARTS) is 1. The molecule has 2 N–H and O–H groups in total. The summed E-state index contributed by atoms with van der Waals surface area (Å²) in [6, 6.07) is 7.31. The Labute approximate surface area is 108 Å². The second-order valence-electron chi connectivity index (χ2n) is 3.78. The third-order valence-corrected chi connectivity index (χ3v) is 4.26. The topological polar surface area (TPSA) is 49.3 Å². The van der Waals surface area contributed by atoms with Crippen LogP contribution in [0.15, 0.2) is 24.3 Å². The maximum absolute atomic E-state index is 10.7. The Morgan fingerprint density at radius 3 is 2.88 bits per heavy atom. The lowest BCUT2D eigenvalue weighted by Gasteiger charge is -2.07. The van der Waals surface area contributed by atoms with E-state index in [0.29, 0.717) is 6.54 Å². The van der Waals surface area contributed by atoms with Crippen LogP contribution in [0, 0.1) is 0 Å². The predicted octanol–water partition coefficient (Wildman–Crippen LogP) is 3.12. The van der Waals surface area contributed by atoms with Gasteiger partial charge in [0, 0.05) is 21.5 Å². The molecule has 0 saturated carbocycles. The Kier molecular flexibility index (Phi) is 3.66. The zero-order chi connectivity index (χ0) is 12.4. The fourth-order valence-corrected chi connectivity index (χ4v) is 2.96. The highest BCUT2D eigenvalue weighted by Gasteiger charge is 2.13. The fraction of sp³-hybridized carbons (Fsp3) is 0.250. The van der Waals surface area contributed by atoms with Crippen LogP contribution in [-0.2, 0) is 11.3 Å². The molecule has 2 aromatic rings. The SMILES string of the molecule is C[C@H](NCc1sc2ccccc2c1Cl)C(=O)O. The van der Waals surface area contributed by atoms with Crippen molar-refractivity contribution >= 4 is 39.0 Å². The minimum absolute atomic E-state index is 0.478. The van der Waals surface area contributed by atoms with E-state index in [2.05, 4.69) is 5.32 Å². The zero-order valence-corrected chi connectivity index (χ0v) is 10.8. The van der Waals surface area contributed by atoms with Crippen LogP contribution >= 0.6 is 22.9 Å². The van der Waals surface area contributed by atoms with E-state index in [-0.39, 0.29) is 0 Å². The van der Waals surface area contributed by atoms with Gasteiger partial charge in [0.2, 0.25) is 0 Å². The van der Waals surface area contributed by atoms with Crippen LogP contribution in [0.1, 0.15) is 11.8 Å². The van der Waals surface area contributed by atoms with E-state index in [0.717, 1.165) is 20.0 Å². The first-order valence-electron chi connectivity index (χ1n) is 5.21. The number of rotatable bonds is 4. The fourth-order valence-electron chi connectivity index (χ4n) is 1.51. The minimum atomic E-state index is -0.859. The Morgan fingerprint density at radius 2 is 2.24 bits per heavy atom. The molecule has 1 heterocycles. The number of benzene rings is 1. The van der Waals surface area contributed by atoms with Gasteiger partial charge in [0.05, 0.1) is 5.02 Å². The van der Waals surface area contributed by atoms with Gasteiger partial charge in [-0.05, 0) is 13.0 Å². The molecule has 3 nitrogen and oxygen atoms in total. The quantitative estimate of drug-likeness (QED) is 0.897. The molecule has 0 fully saturated rings. The highest BCUT2D eigenvalue weighted by Crippen LogP contribution is 2.34. The molecule has 90 valence electrons. The van der Waals surface area contributed by atoms with E-state index in [4.69, 9.17) is 16.7 Å². The molecule has 0 aliphatic carbocycles. The Morgan fingerprint density at radius 1 is 1.53 bits per heavy atom. The average molecular weight is 270 g/mol. The Bertz CT molecular complexity index is 552. The van der Waals surface area contributed by atoms with E-state index < -0.39 is 12.0 Å². The maximum atomic E-state index is 10.7. The van der Waals surface area contributed by atoms with Crippen molar-refractivity contribution in [3.05, 3.63) is 34.2 Å². The van der Waals surface area contributed by atoms with Crippen molar-refractivity contribution in [3.63, 3.8) is 0 Å². The largest absolute Gasteiger partial charge is 0.480 e. The van der Waals surface area contributed by atoms with Crippen molar-refractivity contribution in [1.29, 1.82) is 0 Å². The maximum Gasteiger partial charge on any atom is 0.320 e. The molecule has 0 spiro atoms. The third kappa shape index (κ3) is 2.60. The smallest absolute Gasteiger partial charge is 0.320 e. The Hall–Kier alpha value is -1.10. The molecule has 0 bridgehead atoms. The van der Waals surface area contributed by atoms with E-state index in [1.54, 1.807) is 18.3 Å². The first-order chi connectivity index (χ1) is 8.09. The molecule has 0 aliphatic rings. The lowest BCUT2D eigenvalue weighted by atomic mass is 10.2. The summed E-state index contributed by atoms with van der Waals surface area (Å²) in [6.45, 7) is 2.09. The molecule has 1 aromatic carbocycles. The molecule has 0 amide bonds. The van der Waals surface area contributed by atoms with E-state index in [1.807, 2.05) is 24.3 Å². The van der Waals surface area contributed by atoms with Crippen LogP contribution in [0.2, 0.25) is 5.02 Å². The summed E-state index contributed by atoms with van der Waals surface area (Å²) in [4.78, 5) is 11.7. The molecule has 5 heteroatoms. The number of fused-ring (bicyclic) bond motifs is 1. The van der Waals surface area contributed by atoms with Gasteiger partial charge in [-0.3, -0.25) is 10.1 Å². The molecule has 17 heavy (non-hydrogen) atoms. The number of carbonyl (C=O) groups is 1. The van der Waals surface area contributed by atoms with Crippen molar-refractivity contribution < 1.29 is 9.90 Å². The van der Waals surface area contributed by atoms with Crippen LogP contribution in [0.25, 0.3) is 10.1 Å². The van der Waals surface area contributed by atoms with E-state index in [1.165, 1.54) is 0 Å². The molecule has 0 unspecified atom stereocenters. The predicted molar refractivity (Wildman–Crippen MR) is 70.8 cm³/mol. The van der Waals surface area contributed by atoms with Gasteiger partial charge in [0.1, 0.15) is 6.04 Å². The van der Waals surface area contributed by atoms with Crippen molar-refractivity contribution in [2.45, 2.75) is 19.5 Å². The Balaban J connectivity index is 2.19. The lowest BCUT2D eigenvalue weighted by Crippen LogP contribution is -2.32. The summed E-state index contributed by atoms with van der Waals surface area (Å²) >= 11 is 7.83. The summed E-state index contributed by atoms with van der Waals surface area (Å²) in [5, 5.41) is 13.4. The average Bonchev–Trinajstić information content (AvgIpc) is 2.64. The van der Waals surface area contributed by atoms with Gasteiger partial charge in [-0.15, -0.1) is 11.3 Å². The lowest BCUT2D eigenvalue weighted by molar-refractivity contribution is -0.139. The van der Waals surface area contributed by atoms with Crippen molar-refractivity contribution in [3.8, 4) is 0 Å². The summed E-state index contributed by atoms with van der Waals surface area (Å²) < 4.78 is 1.12. The van der Waals surface area contributed by atoms with E-state index >= 15 is 0 Å². The van der Waals surface area contributed by atoms with Gasteiger partial charge in [-0.1, -0.05) is 29.8 Å². The molecule has 0 aliphatic heterocycles. The zero-order valence-electron chi connectivity index (χ0n) is 9.24. The summed E-state index contributed by atoms with van der Waals surface area (Å²) in [6.07, 6.45) is 0. The van der Waals surface area contributed by atoms with Gasteiger partial charge in [-0.2, -0.15) is 0 Å². The van der Waals surface area contributed by atoms with Crippen LogP contribution < -0.4 is 5.32 Å². The van der Waals surface area contributed by atoms with Crippen molar-refractivity contribution in [1.82, 2.24) is 5.32 Å². The van der Waals surface area contributed by atoms with Gasteiger partial charge in [0.15, 0.2) is 0 Å².